The lowest BCUT2D eigenvalue weighted by atomic mass is 9.78. The number of nitrogens with zero attached hydrogens (tertiary/aromatic N) is 2. The van der Waals surface area contributed by atoms with Crippen LogP contribution in [0.2, 0.25) is 0 Å². The largest absolute Gasteiger partial charge is 0.378 e. The average molecular weight is 374 g/mol. The van der Waals surface area contributed by atoms with Crippen LogP contribution in [0.1, 0.15) is 43.5 Å². The van der Waals surface area contributed by atoms with Crippen molar-refractivity contribution in [2.45, 2.75) is 39.2 Å². The fraction of sp³-hybridized carbons (Fsp3) is 0.600. The van der Waals surface area contributed by atoms with Crippen LogP contribution in [0.25, 0.3) is 10.2 Å². The molecule has 2 aliphatic rings. The molecule has 1 aliphatic heterocycles. The number of hydrogen-bond acceptors (Lipinski definition) is 5. The first-order valence-corrected chi connectivity index (χ1v) is 10.5. The molecule has 0 radical (unpaired) electrons. The quantitative estimate of drug-likeness (QED) is 0.892. The van der Waals surface area contributed by atoms with Gasteiger partial charge in [-0.05, 0) is 36.5 Å². The Morgan fingerprint density at radius 1 is 1.27 bits per heavy atom. The van der Waals surface area contributed by atoms with Crippen molar-refractivity contribution in [3.63, 3.8) is 0 Å². The summed E-state index contributed by atoms with van der Waals surface area (Å²) in [7, 11) is 0. The van der Waals surface area contributed by atoms with Crippen molar-refractivity contribution >= 4 is 32.6 Å². The Morgan fingerprint density at radius 2 is 2.08 bits per heavy atom. The van der Waals surface area contributed by atoms with Gasteiger partial charge in [-0.2, -0.15) is 0 Å². The van der Waals surface area contributed by atoms with Gasteiger partial charge in [0.25, 0.3) is 5.91 Å². The van der Waals surface area contributed by atoms with E-state index in [0.717, 1.165) is 53.6 Å². The highest BCUT2D eigenvalue weighted by atomic mass is 32.1. The first-order valence-electron chi connectivity index (χ1n) is 9.66. The number of thiazole rings is 1. The summed E-state index contributed by atoms with van der Waals surface area (Å²) in [6, 6.07) is 6.14. The van der Waals surface area contributed by atoms with Crippen LogP contribution in [0.4, 0.5) is 5.13 Å². The molecule has 2 fully saturated rings. The van der Waals surface area contributed by atoms with Crippen LogP contribution < -0.4 is 10.2 Å². The summed E-state index contributed by atoms with van der Waals surface area (Å²) in [5, 5.41) is 4.29. The number of nitrogens with one attached hydrogen (secondary N) is 1. The molecule has 0 unspecified atom stereocenters. The highest BCUT2D eigenvalue weighted by molar-refractivity contribution is 7.22. The molecule has 1 amide bonds. The van der Waals surface area contributed by atoms with Crippen molar-refractivity contribution in [3.05, 3.63) is 23.8 Å². The average Bonchev–Trinajstić information content (AvgIpc) is 3.09. The third-order valence-electron chi connectivity index (χ3n) is 5.94. The Bertz CT molecular complexity index is 784. The van der Waals surface area contributed by atoms with Crippen molar-refractivity contribution in [3.8, 4) is 0 Å². The number of morpholine rings is 1. The van der Waals surface area contributed by atoms with Gasteiger partial charge in [0.2, 0.25) is 0 Å². The normalized spacial score (nSPS) is 26.8. The minimum Gasteiger partial charge on any atom is -0.378 e. The maximum atomic E-state index is 12.8. The van der Waals surface area contributed by atoms with E-state index < -0.39 is 0 Å². The van der Waals surface area contributed by atoms with E-state index in [4.69, 9.17) is 9.72 Å². The van der Waals surface area contributed by atoms with E-state index in [-0.39, 0.29) is 11.9 Å². The number of carbonyl (C=O) groups is 1. The molecule has 2 aromatic rings. The molecule has 1 aromatic carbocycles. The number of carbonyl (C=O) groups excluding carboxylic acids is 1. The predicted octanol–water partition coefficient (Wildman–Crippen LogP) is 3.69. The summed E-state index contributed by atoms with van der Waals surface area (Å²) in [5.41, 5.74) is 1.70. The monoisotopic (exact) mass is 373 g/mol. The molecule has 5 nitrogen and oxygen atoms in total. The number of rotatable bonds is 3. The second-order valence-electron chi connectivity index (χ2n) is 7.63. The molecule has 2 heterocycles. The lowest BCUT2D eigenvalue weighted by Gasteiger charge is -2.34. The number of ether oxygens (including phenoxy) is 1. The number of hydrogen-bond donors (Lipinski definition) is 1. The van der Waals surface area contributed by atoms with Gasteiger partial charge in [0.1, 0.15) is 0 Å². The summed E-state index contributed by atoms with van der Waals surface area (Å²) >= 11 is 1.66. The van der Waals surface area contributed by atoms with E-state index in [9.17, 15) is 4.79 Å². The number of benzene rings is 1. The third kappa shape index (κ3) is 3.58. The van der Waals surface area contributed by atoms with Crippen LogP contribution in [-0.2, 0) is 4.74 Å². The summed E-state index contributed by atoms with van der Waals surface area (Å²) in [5.74, 6) is 1.25. The molecule has 26 heavy (non-hydrogen) atoms. The van der Waals surface area contributed by atoms with Crippen molar-refractivity contribution < 1.29 is 9.53 Å². The molecule has 1 aromatic heterocycles. The van der Waals surface area contributed by atoms with E-state index in [1.807, 2.05) is 18.2 Å². The molecular weight excluding hydrogens is 346 g/mol. The van der Waals surface area contributed by atoms with Crippen LogP contribution in [-0.4, -0.2) is 43.2 Å². The Morgan fingerprint density at radius 3 is 2.88 bits per heavy atom. The zero-order valence-electron chi connectivity index (χ0n) is 15.5. The van der Waals surface area contributed by atoms with Gasteiger partial charge in [-0.25, -0.2) is 4.98 Å². The second-order valence-corrected chi connectivity index (χ2v) is 8.63. The molecule has 6 heteroatoms. The van der Waals surface area contributed by atoms with Gasteiger partial charge in [-0.3, -0.25) is 4.79 Å². The fourth-order valence-electron chi connectivity index (χ4n) is 3.98. The number of amides is 1. The van der Waals surface area contributed by atoms with Gasteiger partial charge in [0.15, 0.2) is 5.13 Å². The van der Waals surface area contributed by atoms with Gasteiger partial charge in [-0.15, -0.1) is 0 Å². The predicted molar refractivity (Wildman–Crippen MR) is 106 cm³/mol. The summed E-state index contributed by atoms with van der Waals surface area (Å²) in [6.45, 7) is 7.81. The number of fused-ring (bicyclic) bond motifs is 1. The topological polar surface area (TPSA) is 54.5 Å². The Labute approximate surface area is 158 Å². The van der Waals surface area contributed by atoms with E-state index in [0.29, 0.717) is 11.8 Å². The van der Waals surface area contributed by atoms with Gasteiger partial charge < -0.3 is 15.0 Å². The molecule has 4 rings (SSSR count). The first-order chi connectivity index (χ1) is 12.6. The Balaban J connectivity index is 1.50. The molecule has 1 aliphatic carbocycles. The van der Waals surface area contributed by atoms with Crippen LogP contribution in [0.5, 0.6) is 0 Å². The Kier molecular flexibility index (Phi) is 5.14. The SMILES string of the molecule is C[C@H]1[C@H](C)CCC[C@H]1NC(=O)c1ccc2nc(N3CCOCC3)sc2c1. The van der Waals surface area contributed by atoms with E-state index in [1.165, 1.54) is 12.8 Å². The standard InChI is InChI=1S/C20H27N3O2S/c1-13-4-3-5-16(14(13)2)21-19(24)15-6-7-17-18(12-15)26-20(22-17)23-8-10-25-11-9-23/h6-7,12-14,16H,3-5,8-11H2,1-2H3,(H,21,24)/t13-,14+,16-/m1/s1. The van der Waals surface area contributed by atoms with Crippen molar-refractivity contribution in [2.75, 3.05) is 31.2 Å². The summed E-state index contributed by atoms with van der Waals surface area (Å²) in [4.78, 5) is 19.8. The van der Waals surface area contributed by atoms with Gasteiger partial charge >= 0.3 is 0 Å². The van der Waals surface area contributed by atoms with Crippen LogP contribution in [0.3, 0.4) is 0 Å². The highest BCUT2D eigenvalue weighted by Gasteiger charge is 2.28. The number of anilines is 1. The zero-order valence-corrected chi connectivity index (χ0v) is 16.3. The Hall–Kier alpha value is -1.66. The third-order valence-corrected chi connectivity index (χ3v) is 7.02. The van der Waals surface area contributed by atoms with E-state index in [2.05, 4.69) is 24.1 Å². The molecule has 1 saturated heterocycles. The van der Waals surface area contributed by atoms with Crippen molar-refractivity contribution in [1.82, 2.24) is 10.3 Å². The maximum absolute atomic E-state index is 12.8. The molecule has 140 valence electrons. The van der Waals surface area contributed by atoms with Crippen molar-refractivity contribution in [2.24, 2.45) is 11.8 Å². The zero-order chi connectivity index (χ0) is 18.1. The molecule has 1 N–H and O–H groups in total. The summed E-state index contributed by atoms with van der Waals surface area (Å²) < 4.78 is 6.49. The molecule has 0 spiro atoms. The molecule has 3 atom stereocenters. The van der Waals surface area contributed by atoms with Crippen LogP contribution in [0.15, 0.2) is 18.2 Å². The molecule has 0 bridgehead atoms. The number of aromatic nitrogens is 1. The van der Waals surface area contributed by atoms with Crippen LogP contribution >= 0.6 is 11.3 Å². The van der Waals surface area contributed by atoms with E-state index in [1.54, 1.807) is 11.3 Å². The van der Waals surface area contributed by atoms with Crippen molar-refractivity contribution in [1.29, 1.82) is 0 Å². The van der Waals surface area contributed by atoms with Gasteiger partial charge in [-0.1, -0.05) is 38.0 Å². The summed E-state index contributed by atoms with van der Waals surface area (Å²) in [6.07, 6.45) is 3.55. The van der Waals surface area contributed by atoms with E-state index >= 15 is 0 Å². The molecule has 1 saturated carbocycles. The van der Waals surface area contributed by atoms with Gasteiger partial charge in [0.05, 0.1) is 23.4 Å². The maximum Gasteiger partial charge on any atom is 0.251 e. The first kappa shape index (κ1) is 17.7. The lowest BCUT2D eigenvalue weighted by Crippen LogP contribution is -2.43. The highest BCUT2D eigenvalue weighted by Crippen LogP contribution is 2.31. The minimum absolute atomic E-state index is 0.0409. The fourth-order valence-corrected chi connectivity index (χ4v) is 5.04. The minimum atomic E-state index is 0.0409. The molecular formula is C20H27N3O2S. The van der Waals surface area contributed by atoms with Crippen LogP contribution in [0, 0.1) is 11.8 Å². The second kappa shape index (κ2) is 7.53. The smallest absolute Gasteiger partial charge is 0.251 e. The van der Waals surface area contributed by atoms with Gasteiger partial charge in [0, 0.05) is 24.7 Å². The lowest BCUT2D eigenvalue weighted by molar-refractivity contribution is 0.0891.